The zero-order valence-electron chi connectivity index (χ0n) is 8.74. The fourth-order valence-corrected chi connectivity index (χ4v) is 3.10. The van der Waals surface area contributed by atoms with Gasteiger partial charge in [-0.2, -0.15) is 0 Å². The lowest BCUT2D eigenvalue weighted by Gasteiger charge is -2.37. The zero-order valence-corrected chi connectivity index (χ0v) is 8.74. The first-order chi connectivity index (χ1) is 6.82. The van der Waals surface area contributed by atoms with Gasteiger partial charge in [-0.1, -0.05) is 25.3 Å². The van der Waals surface area contributed by atoms with E-state index >= 15 is 0 Å². The third-order valence-electron chi connectivity index (χ3n) is 3.89. The summed E-state index contributed by atoms with van der Waals surface area (Å²) >= 11 is 0. The van der Waals surface area contributed by atoms with Crippen molar-refractivity contribution in [3.05, 3.63) is 12.7 Å². The van der Waals surface area contributed by atoms with Crippen LogP contribution < -0.4 is 0 Å². The SMILES string of the molecule is C=CC1C(CO)COC12CCCCC2. The highest BCUT2D eigenvalue weighted by molar-refractivity contribution is 5.05. The average Bonchev–Trinajstić information content (AvgIpc) is 2.57. The van der Waals surface area contributed by atoms with Crippen molar-refractivity contribution >= 4 is 0 Å². The summed E-state index contributed by atoms with van der Waals surface area (Å²) in [7, 11) is 0. The molecule has 0 radical (unpaired) electrons. The summed E-state index contributed by atoms with van der Waals surface area (Å²) in [6.07, 6.45) is 8.17. The molecule has 1 heterocycles. The molecule has 1 saturated carbocycles. The minimum atomic E-state index is 0.0351. The first-order valence-corrected chi connectivity index (χ1v) is 5.70. The van der Waals surface area contributed by atoms with Gasteiger partial charge in [0.1, 0.15) is 0 Å². The second-order valence-corrected chi connectivity index (χ2v) is 4.64. The number of ether oxygens (including phenoxy) is 1. The van der Waals surface area contributed by atoms with Gasteiger partial charge in [0.05, 0.1) is 12.2 Å². The van der Waals surface area contributed by atoms with Gasteiger partial charge < -0.3 is 9.84 Å². The Labute approximate surface area is 86.0 Å². The van der Waals surface area contributed by atoms with Crippen molar-refractivity contribution in [2.45, 2.75) is 37.7 Å². The van der Waals surface area contributed by atoms with E-state index in [9.17, 15) is 5.11 Å². The van der Waals surface area contributed by atoms with Gasteiger partial charge >= 0.3 is 0 Å². The number of aliphatic hydroxyl groups is 1. The van der Waals surface area contributed by atoms with Gasteiger partial charge in [-0.25, -0.2) is 0 Å². The molecule has 2 fully saturated rings. The monoisotopic (exact) mass is 196 g/mol. The fourth-order valence-electron chi connectivity index (χ4n) is 3.10. The smallest absolute Gasteiger partial charge is 0.0749 e. The van der Waals surface area contributed by atoms with Crippen molar-refractivity contribution in [1.29, 1.82) is 0 Å². The minimum absolute atomic E-state index is 0.0351. The first kappa shape index (κ1) is 10.2. The average molecular weight is 196 g/mol. The molecular formula is C12H20O2. The third kappa shape index (κ3) is 1.51. The maximum absolute atomic E-state index is 9.25. The van der Waals surface area contributed by atoms with Gasteiger partial charge in [-0.15, -0.1) is 6.58 Å². The van der Waals surface area contributed by atoms with Crippen LogP contribution in [0.2, 0.25) is 0 Å². The van der Waals surface area contributed by atoms with Crippen LogP contribution in [0.5, 0.6) is 0 Å². The standard InChI is InChI=1S/C12H20O2/c1-2-11-10(8-13)9-14-12(11)6-4-3-5-7-12/h2,10-11,13H,1,3-9H2. The molecule has 1 aliphatic carbocycles. The first-order valence-electron chi connectivity index (χ1n) is 5.70. The van der Waals surface area contributed by atoms with Crippen molar-refractivity contribution in [1.82, 2.24) is 0 Å². The minimum Gasteiger partial charge on any atom is -0.396 e. The summed E-state index contributed by atoms with van der Waals surface area (Å²) in [5, 5.41) is 9.25. The van der Waals surface area contributed by atoms with Crippen LogP contribution in [0.4, 0.5) is 0 Å². The van der Waals surface area contributed by atoms with Crippen LogP contribution in [0.25, 0.3) is 0 Å². The summed E-state index contributed by atoms with van der Waals surface area (Å²) in [5.41, 5.74) is 0.0351. The van der Waals surface area contributed by atoms with E-state index in [2.05, 4.69) is 6.58 Å². The predicted octanol–water partition coefficient (Wildman–Crippen LogP) is 2.13. The second kappa shape index (κ2) is 4.03. The molecule has 0 aromatic carbocycles. The molecule has 80 valence electrons. The molecule has 2 nitrogen and oxygen atoms in total. The predicted molar refractivity (Wildman–Crippen MR) is 56.0 cm³/mol. The van der Waals surface area contributed by atoms with Gasteiger partial charge in [0.15, 0.2) is 0 Å². The highest BCUT2D eigenvalue weighted by Gasteiger charge is 2.48. The number of aliphatic hydroxyl groups excluding tert-OH is 1. The second-order valence-electron chi connectivity index (χ2n) is 4.64. The van der Waals surface area contributed by atoms with E-state index in [1.165, 1.54) is 19.3 Å². The van der Waals surface area contributed by atoms with Crippen LogP contribution in [-0.2, 0) is 4.74 Å². The Hall–Kier alpha value is -0.340. The Morgan fingerprint density at radius 2 is 2.07 bits per heavy atom. The van der Waals surface area contributed by atoms with Crippen LogP contribution in [0.3, 0.4) is 0 Å². The third-order valence-corrected chi connectivity index (χ3v) is 3.89. The molecule has 14 heavy (non-hydrogen) atoms. The van der Waals surface area contributed by atoms with Crippen LogP contribution >= 0.6 is 0 Å². The summed E-state index contributed by atoms with van der Waals surface area (Å²) in [5.74, 6) is 0.651. The van der Waals surface area contributed by atoms with Crippen LogP contribution in [0, 0.1) is 11.8 Å². The van der Waals surface area contributed by atoms with Gasteiger partial charge in [-0.05, 0) is 12.8 Å². The van der Waals surface area contributed by atoms with E-state index in [-0.39, 0.29) is 18.1 Å². The van der Waals surface area contributed by atoms with E-state index in [0.717, 1.165) is 12.8 Å². The molecule has 0 amide bonds. The van der Waals surface area contributed by atoms with E-state index in [4.69, 9.17) is 4.74 Å². The van der Waals surface area contributed by atoms with Gasteiger partial charge in [0.2, 0.25) is 0 Å². The normalized spacial score (nSPS) is 36.1. The van der Waals surface area contributed by atoms with Crippen molar-refractivity contribution < 1.29 is 9.84 Å². The molecule has 2 unspecified atom stereocenters. The molecule has 1 N–H and O–H groups in total. The largest absolute Gasteiger partial charge is 0.396 e. The molecule has 0 aromatic heterocycles. The molecule has 2 aliphatic rings. The lowest BCUT2D eigenvalue weighted by atomic mass is 9.73. The van der Waals surface area contributed by atoms with E-state index in [1.54, 1.807) is 0 Å². The number of hydrogen-bond acceptors (Lipinski definition) is 2. The van der Waals surface area contributed by atoms with Crippen LogP contribution in [-0.4, -0.2) is 23.9 Å². The molecular weight excluding hydrogens is 176 g/mol. The maximum atomic E-state index is 9.25. The number of hydrogen-bond donors (Lipinski definition) is 1. The molecule has 1 aliphatic heterocycles. The fraction of sp³-hybridized carbons (Fsp3) is 0.833. The van der Waals surface area contributed by atoms with Crippen LogP contribution in [0.15, 0.2) is 12.7 Å². The molecule has 0 bridgehead atoms. The van der Waals surface area contributed by atoms with E-state index < -0.39 is 0 Å². The Morgan fingerprint density at radius 3 is 2.64 bits per heavy atom. The topological polar surface area (TPSA) is 29.5 Å². The Balaban J connectivity index is 2.13. The van der Waals surface area contributed by atoms with E-state index in [1.807, 2.05) is 6.08 Å². The molecule has 0 aromatic rings. The Kier molecular flexibility index (Phi) is 2.93. The van der Waals surface area contributed by atoms with Gasteiger partial charge in [-0.3, -0.25) is 0 Å². The molecule has 2 heteroatoms. The molecule has 2 rings (SSSR count). The highest BCUT2D eigenvalue weighted by atomic mass is 16.5. The molecule has 2 atom stereocenters. The van der Waals surface area contributed by atoms with Crippen molar-refractivity contribution in [3.63, 3.8) is 0 Å². The van der Waals surface area contributed by atoms with Gasteiger partial charge in [0, 0.05) is 18.4 Å². The Bertz CT molecular complexity index is 206. The van der Waals surface area contributed by atoms with Crippen molar-refractivity contribution in [2.75, 3.05) is 13.2 Å². The summed E-state index contributed by atoms with van der Waals surface area (Å²) in [4.78, 5) is 0. The summed E-state index contributed by atoms with van der Waals surface area (Å²) in [6.45, 7) is 4.85. The quantitative estimate of drug-likeness (QED) is 0.686. The molecule has 1 saturated heterocycles. The Morgan fingerprint density at radius 1 is 1.36 bits per heavy atom. The highest BCUT2D eigenvalue weighted by Crippen LogP contribution is 2.46. The maximum Gasteiger partial charge on any atom is 0.0749 e. The van der Waals surface area contributed by atoms with E-state index in [0.29, 0.717) is 12.5 Å². The van der Waals surface area contributed by atoms with Gasteiger partial charge in [0.25, 0.3) is 0 Å². The van der Waals surface area contributed by atoms with Crippen LogP contribution in [0.1, 0.15) is 32.1 Å². The summed E-state index contributed by atoms with van der Waals surface area (Å²) < 4.78 is 5.96. The lowest BCUT2D eigenvalue weighted by molar-refractivity contribution is -0.0401. The van der Waals surface area contributed by atoms with Crippen molar-refractivity contribution in [2.24, 2.45) is 11.8 Å². The molecule has 1 spiro atoms. The zero-order chi connectivity index (χ0) is 10.0. The summed E-state index contributed by atoms with van der Waals surface area (Å²) in [6, 6.07) is 0. The number of rotatable bonds is 2. The lowest BCUT2D eigenvalue weighted by Crippen LogP contribution is -2.38. The van der Waals surface area contributed by atoms with Crippen molar-refractivity contribution in [3.8, 4) is 0 Å².